The summed E-state index contributed by atoms with van der Waals surface area (Å²) in [6.45, 7) is 0. The highest BCUT2D eigenvalue weighted by molar-refractivity contribution is 9.13. The lowest BCUT2D eigenvalue weighted by Crippen LogP contribution is -2.29. The largest absolute Gasteiger partial charge is 0.398 e. The van der Waals surface area contributed by atoms with Gasteiger partial charge in [-0.2, -0.15) is 0 Å². The van der Waals surface area contributed by atoms with E-state index >= 15 is 0 Å². The number of rotatable bonds is 2. The van der Waals surface area contributed by atoms with Gasteiger partial charge >= 0.3 is 0 Å². The minimum Gasteiger partial charge on any atom is -0.398 e. The molecule has 0 radical (unpaired) electrons. The molecule has 4 N–H and O–H groups in total. The number of nitrogen functional groups attached to an aromatic ring is 2. The van der Waals surface area contributed by atoms with Crippen LogP contribution in [0.4, 0.5) is 11.4 Å². The van der Waals surface area contributed by atoms with E-state index in [0.29, 0.717) is 21.4 Å². The molecule has 0 atom stereocenters. The van der Waals surface area contributed by atoms with Crippen molar-refractivity contribution in [1.82, 2.24) is 0 Å². The lowest BCUT2D eigenvalue weighted by atomic mass is 9.67. The molecule has 0 spiro atoms. The molecule has 0 aromatic heterocycles. The van der Waals surface area contributed by atoms with Crippen molar-refractivity contribution in [2.24, 2.45) is 0 Å². The molecule has 154 valence electrons. The number of fused-ring (bicyclic) bond motifs is 3. The van der Waals surface area contributed by atoms with Crippen LogP contribution in [0.1, 0.15) is 22.3 Å². The van der Waals surface area contributed by atoms with Crippen molar-refractivity contribution < 1.29 is 0 Å². The molecule has 31 heavy (non-hydrogen) atoms. The quantitative estimate of drug-likeness (QED) is 0.210. The van der Waals surface area contributed by atoms with Gasteiger partial charge in [0.15, 0.2) is 0 Å². The predicted octanol–water partition coefficient (Wildman–Crippen LogP) is 8.05. The zero-order valence-electron chi connectivity index (χ0n) is 16.1. The van der Waals surface area contributed by atoms with Crippen LogP contribution < -0.4 is 11.5 Å². The SMILES string of the molecule is Nc1ccc(C2(c3ccc(N)c(Cl)c3)c3ccccc3-c3ccc(Br)c(Br)c32)cc1Cl. The Bertz CT molecular complexity index is 1320. The van der Waals surface area contributed by atoms with Crippen molar-refractivity contribution in [3.8, 4) is 11.1 Å². The molecule has 0 amide bonds. The third-order valence-electron chi connectivity index (χ3n) is 5.96. The molecule has 1 aliphatic rings. The van der Waals surface area contributed by atoms with Crippen molar-refractivity contribution in [3.05, 3.63) is 114 Å². The van der Waals surface area contributed by atoms with E-state index in [1.165, 1.54) is 0 Å². The molecule has 4 aromatic rings. The maximum absolute atomic E-state index is 6.53. The summed E-state index contributed by atoms with van der Waals surface area (Å²) in [6, 6.07) is 24.3. The van der Waals surface area contributed by atoms with Gasteiger partial charge in [0.05, 0.1) is 26.8 Å². The fraction of sp³-hybridized carbons (Fsp3) is 0.0400. The lowest BCUT2D eigenvalue weighted by Gasteiger charge is -2.35. The second-order valence-corrected chi connectivity index (χ2v) is 10.0. The van der Waals surface area contributed by atoms with Gasteiger partial charge < -0.3 is 11.5 Å². The molecule has 0 aliphatic heterocycles. The van der Waals surface area contributed by atoms with Crippen LogP contribution in [0, 0.1) is 0 Å². The van der Waals surface area contributed by atoms with Gasteiger partial charge in [-0.3, -0.25) is 0 Å². The zero-order valence-corrected chi connectivity index (χ0v) is 20.8. The highest BCUT2D eigenvalue weighted by Crippen LogP contribution is 2.59. The van der Waals surface area contributed by atoms with Crippen LogP contribution in [0.5, 0.6) is 0 Å². The summed E-state index contributed by atoms with van der Waals surface area (Å²) in [5.41, 5.74) is 19.1. The first-order chi connectivity index (χ1) is 14.9. The van der Waals surface area contributed by atoms with Gasteiger partial charge in [0.25, 0.3) is 0 Å². The van der Waals surface area contributed by atoms with E-state index < -0.39 is 5.41 Å². The minimum absolute atomic E-state index is 0.510. The predicted molar refractivity (Wildman–Crippen MR) is 138 cm³/mol. The summed E-state index contributed by atoms with van der Waals surface area (Å²) in [5, 5.41) is 1.02. The number of anilines is 2. The van der Waals surface area contributed by atoms with Crippen molar-refractivity contribution in [1.29, 1.82) is 0 Å². The van der Waals surface area contributed by atoms with Gasteiger partial charge in [-0.15, -0.1) is 0 Å². The van der Waals surface area contributed by atoms with E-state index in [4.69, 9.17) is 34.7 Å². The number of hydrogen-bond acceptors (Lipinski definition) is 2. The highest BCUT2D eigenvalue weighted by Gasteiger charge is 2.48. The second kappa shape index (κ2) is 7.56. The molecule has 4 aromatic carbocycles. The first kappa shape index (κ1) is 20.9. The van der Waals surface area contributed by atoms with Gasteiger partial charge in [-0.25, -0.2) is 0 Å². The molecule has 2 nitrogen and oxygen atoms in total. The van der Waals surface area contributed by atoms with Gasteiger partial charge in [0.2, 0.25) is 0 Å². The van der Waals surface area contributed by atoms with E-state index in [-0.39, 0.29) is 0 Å². The summed E-state index contributed by atoms with van der Waals surface area (Å²) >= 11 is 20.6. The molecule has 0 saturated carbocycles. The van der Waals surface area contributed by atoms with E-state index in [2.05, 4.69) is 68.3 Å². The Labute approximate surface area is 207 Å². The van der Waals surface area contributed by atoms with Crippen LogP contribution in [-0.4, -0.2) is 0 Å². The summed E-state index contributed by atoms with van der Waals surface area (Å²) in [6.07, 6.45) is 0. The molecule has 0 fully saturated rings. The summed E-state index contributed by atoms with van der Waals surface area (Å²) in [5.74, 6) is 0. The Balaban J connectivity index is 2.02. The van der Waals surface area contributed by atoms with E-state index in [9.17, 15) is 0 Å². The van der Waals surface area contributed by atoms with Crippen molar-refractivity contribution in [2.45, 2.75) is 5.41 Å². The van der Waals surface area contributed by atoms with Crippen LogP contribution in [0.3, 0.4) is 0 Å². The fourth-order valence-corrected chi connectivity index (χ4v) is 5.94. The Kier molecular flexibility index (Phi) is 5.10. The van der Waals surface area contributed by atoms with Crippen molar-refractivity contribution in [2.75, 3.05) is 11.5 Å². The van der Waals surface area contributed by atoms with Gasteiger partial charge in [0.1, 0.15) is 0 Å². The number of halogens is 4. The Hall–Kier alpha value is -1.98. The maximum Gasteiger partial charge on any atom is 0.0726 e. The zero-order chi connectivity index (χ0) is 21.9. The molecular formula is C25H16Br2Cl2N2. The monoisotopic (exact) mass is 572 g/mol. The third-order valence-corrected chi connectivity index (χ3v) is 8.63. The molecule has 6 heteroatoms. The molecular weight excluding hydrogens is 559 g/mol. The summed E-state index contributed by atoms with van der Waals surface area (Å²) in [7, 11) is 0. The highest BCUT2D eigenvalue weighted by atomic mass is 79.9. The molecule has 1 aliphatic carbocycles. The van der Waals surface area contributed by atoms with Crippen molar-refractivity contribution in [3.63, 3.8) is 0 Å². The van der Waals surface area contributed by atoms with Gasteiger partial charge in [-0.1, -0.05) is 65.7 Å². The topological polar surface area (TPSA) is 52.0 Å². The third kappa shape index (κ3) is 2.96. The minimum atomic E-state index is -0.663. The maximum atomic E-state index is 6.53. The standard InChI is InChI=1S/C25H16Br2Cl2N2/c26-18-8-7-16-15-3-1-2-4-17(15)25(23(16)24(18)27,13-5-9-21(30)19(28)11-13)14-6-10-22(31)20(29)12-14/h1-12H,30-31H2. The van der Waals surface area contributed by atoms with Crippen molar-refractivity contribution >= 4 is 66.4 Å². The van der Waals surface area contributed by atoms with Gasteiger partial charge in [-0.05, 0) is 95.6 Å². The molecule has 5 rings (SSSR count). The van der Waals surface area contributed by atoms with Crippen LogP contribution in [0.15, 0.2) is 81.7 Å². The fourth-order valence-electron chi connectivity index (χ4n) is 4.61. The number of hydrogen-bond donors (Lipinski definition) is 2. The average molecular weight is 575 g/mol. The van der Waals surface area contributed by atoms with Crippen LogP contribution >= 0.6 is 55.1 Å². The van der Waals surface area contributed by atoms with Crippen LogP contribution in [-0.2, 0) is 5.41 Å². The first-order valence-electron chi connectivity index (χ1n) is 9.55. The normalized spacial score (nSPS) is 13.7. The van der Waals surface area contributed by atoms with E-state index in [0.717, 1.165) is 42.3 Å². The smallest absolute Gasteiger partial charge is 0.0726 e. The van der Waals surface area contributed by atoms with E-state index in [1.807, 2.05) is 36.4 Å². The first-order valence-corrected chi connectivity index (χ1v) is 11.9. The lowest BCUT2D eigenvalue weighted by molar-refractivity contribution is 0.764. The molecule has 0 bridgehead atoms. The number of nitrogens with two attached hydrogens (primary N) is 2. The second-order valence-electron chi connectivity index (χ2n) is 7.55. The van der Waals surface area contributed by atoms with E-state index in [1.54, 1.807) is 0 Å². The average Bonchev–Trinajstić information content (AvgIpc) is 3.06. The Morgan fingerprint density at radius 3 is 1.84 bits per heavy atom. The Morgan fingerprint density at radius 1 is 0.677 bits per heavy atom. The van der Waals surface area contributed by atoms with Crippen LogP contribution in [0.25, 0.3) is 11.1 Å². The molecule has 0 unspecified atom stereocenters. The van der Waals surface area contributed by atoms with Crippen LogP contribution in [0.2, 0.25) is 10.0 Å². The summed E-state index contributed by atoms with van der Waals surface area (Å²) < 4.78 is 1.94. The molecule has 0 heterocycles. The molecule has 0 saturated heterocycles. The number of benzene rings is 4. The summed E-state index contributed by atoms with van der Waals surface area (Å²) in [4.78, 5) is 0. The Morgan fingerprint density at radius 2 is 1.26 bits per heavy atom. The van der Waals surface area contributed by atoms with Gasteiger partial charge in [0, 0.05) is 8.95 Å².